The third-order valence-electron chi connectivity index (χ3n) is 3.80. The van der Waals surface area contributed by atoms with Crippen LogP contribution in [0.15, 0.2) is 47.4 Å². The Morgan fingerprint density at radius 2 is 1.75 bits per heavy atom. The van der Waals surface area contributed by atoms with Crippen LogP contribution in [0.2, 0.25) is 0 Å². The van der Waals surface area contributed by atoms with Crippen LogP contribution >= 0.6 is 0 Å². The summed E-state index contributed by atoms with van der Waals surface area (Å²) in [6.07, 6.45) is 0. The first kappa shape index (κ1) is 18.1. The van der Waals surface area contributed by atoms with Crippen molar-refractivity contribution in [2.45, 2.75) is 38.1 Å². The number of hydrogen-bond donors (Lipinski definition) is 1. The number of nitrogens with zero attached hydrogens (tertiary/aromatic N) is 1. The van der Waals surface area contributed by atoms with E-state index < -0.39 is 14.9 Å². The molecule has 0 aromatic heterocycles. The van der Waals surface area contributed by atoms with Crippen LogP contribution in [0.3, 0.4) is 0 Å². The molecule has 2 aromatic carbocycles. The summed E-state index contributed by atoms with van der Waals surface area (Å²) in [5, 5.41) is 11.0. The standard InChI is InChI=1S/C17H20N2O4S/c1-12(2)15-7-5-14(6-8-15)11-18-24(22,23)16-9-4-13(3)17(10-16)19(20)21/h4-10,12,18H,11H2,1-3H3. The van der Waals surface area contributed by atoms with Gasteiger partial charge in [-0.1, -0.05) is 44.2 Å². The summed E-state index contributed by atoms with van der Waals surface area (Å²) in [5.41, 5.74) is 2.21. The quantitative estimate of drug-likeness (QED) is 0.639. The minimum atomic E-state index is -3.81. The largest absolute Gasteiger partial charge is 0.273 e. The minimum absolute atomic E-state index is 0.112. The SMILES string of the molecule is Cc1ccc(S(=O)(=O)NCc2ccc(C(C)C)cc2)cc1[N+](=O)[O-]. The number of hydrogen-bond acceptors (Lipinski definition) is 4. The summed E-state index contributed by atoms with van der Waals surface area (Å²) < 4.78 is 27.1. The Morgan fingerprint density at radius 1 is 1.12 bits per heavy atom. The summed E-state index contributed by atoms with van der Waals surface area (Å²) in [6.45, 7) is 5.87. The lowest BCUT2D eigenvalue weighted by molar-refractivity contribution is -0.385. The van der Waals surface area contributed by atoms with Gasteiger partial charge in [0.15, 0.2) is 0 Å². The lowest BCUT2D eigenvalue weighted by atomic mass is 10.0. The average Bonchev–Trinajstić information content (AvgIpc) is 2.53. The van der Waals surface area contributed by atoms with Crippen molar-refractivity contribution in [3.8, 4) is 0 Å². The van der Waals surface area contributed by atoms with Gasteiger partial charge in [0.05, 0.1) is 9.82 Å². The predicted molar refractivity (Wildman–Crippen MR) is 92.4 cm³/mol. The van der Waals surface area contributed by atoms with Crippen molar-refractivity contribution in [3.05, 3.63) is 69.3 Å². The van der Waals surface area contributed by atoms with Gasteiger partial charge in [0.25, 0.3) is 5.69 Å². The van der Waals surface area contributed by atoms with Crippen LogP contribution in [0.1, 0.15) is 36.5 Å². The van der Waals surface area contributed by atoms with E-state index in [4.69, 9.17) is 0 Å². The topological polar surface area (TPSA) is 89.3 Å². The fraction of sp³-hybridized carbons (Fsp3) is 0.294. The van der Waals surface area contributed by atoms with Crippen molar-refractivity contribution in [1.29, 1.82) is 0 Å². The summed E-state index contributed by atoms with van der Waals surface area (Å²) >= 11 is 0. The molecule has 0 amide bonds. The molecule has 0 saturated carbocycles. The summed E-state index contributed by atoms with van der Waals surface area (Å²) in [6, 6.07) is 11.6. The molecular weight excluding hydrogens is 328 g/mol. The third kappa shape index (κ3) is 4.18. The second-order valence-corrected chi connectivity index (χ2v) is 7.69. The molecule has 24 heavy (non-hydrogen) atoms. The maximum Gasteiger partial charge on any atom is 0.273 e. The molecule has 6 nitrogen and oxygen atoms in total. The Balaban J connectivity index is 2.17. The van der Waals surface area contributed by atoms with Gasteiger partial charge in [0.1, 0.15) is 0 Å². The predicted octanol–water partition coefficient (Wildman–Crippen LogP) is 3.51. The van der Waals surface area contributed by atoms with E-state index in [-0.39, 0.29) is 17.1 Å². The van der Waals surface area contributed by atoms with Crippen LogP contribution in [-0.4, -0.2) is 13.3 Å². The highest BCUT2D eigenvalue weighted by Crippen LogP contribution is 2.22. The fourth-order valence-electron chi connectivity index (χ4n) is 2.24. The zero-order valence-electron chi connectivity index (χ0n) is 13.8. The molecule has 2 rings (SSSR count). The molecule has 0 bridgehead atoms. The van der Waals surface area contributed by atoms with E-state index >= 15 is 0 Å². The number of nitro benzene ring substituents is 1. The zero-order valence-corrected chi connectivity index (χ0v) is 14.6. The summed E-state index contributed by atoms with van der Waals surface area (Å²) in [7, 11) is -3.81. The molecule has 0 saturated heterocycles. The Labute approximate surface area is 141 Å². The van der Waals surface area contributed by atoms with Crippen LogP contribution < -0.4 is 4.72 Å². The van der Waals surface area contributed by atoms with Gasteiger partial charge >= 0.3 is 0 Å². The number of benzene rings is 2. The number of nitro groups is 1. The van der Waals surface area contributed by atoms with Crippen LogP contribution in [0.25, 0.3) is 0 Å². The minimum Gasteiger partial charge on any atom is -0.258 e. The highest BCUT2D eigenvalue weighted by Gasteiger charge is 2.19. The lowest BCUT2D eigenvalue weighted by Crippen LogP contribution is -2.23. The second-order valence-electron chi connectivity index (χ2n) is 5.93. The first-order valence-electron chi connectivity index (χ1n) is 7.54. The number of aryl methyl sites for hydroxylation is 1. The van der Waals surface area contributed by atoms with Crippen molar-refractivity contribution in [3.63, 3.8) is 0 Å². The zero-order chi connectivity index (χ0) is 17.9. The van der Waals surface area contributed by atoms with Crippen LogP contribution in [-0.2, 0) is 16.6 Å². The highest BCUT2D eigenvalue weighted by atomic mass is 32.2. The Kier molecular flexibility index (Phi) is 5.36. The Bertz CT molecular complexity index is 843. The number of sulfonamides is 1. The van der Waals surface area contributed by atoms with Gasteiger partial charge in [-0.05, 0) is 30.0 Å². The maximum atomic E-state index is 12.3. The van der Waals surface area contributed by atoms with Gasteiger partial charge < -0.3 is 0 Å². The second kappa shape index (κ2) is 7.11. The molecule has 0 aliphatic heterocycles. The first-order valence-corrected chi connectivity index (χ1v) is 9.02. The van der Waals surface area contributed by atoms with Gasteiger partial charge in [-0.2, -0.15) is 0 Å². The average molecular weight is 348 g/mol. The molecule has 0 heterocycles. The van der Waals surface area contributed by atoms with Gasteiger partial charge in [0.2, 0.25) is 10.0 Å². The van der Waals surface area contributed by atoms with Crippen molar-refractivity contribution in [2.75, 3.05) is 0 Å². The number of nitrogens with one attached hydrogen (secondary N) is 1. The van der Waals surface area contributed by atoms with E-state index in [0.29, 0.717) is 11.5 Å². The molecule has 0 aliphatic carbocycles. The first-order chi connectivity index (χ1) is 11.2. The Morgan fingerprint density at radius 3 is 2.29 bits per heavy atom. The van der Waals surface area contributed by atoms with Crippen molar-refractivity contribution < 1.29 is 13.3 Å². The molecule has 0 fully saturated rings. The summed E-state index contributed by atoms with van der Waals surface area (Å²) in [5.74, 6) is 0.406. The molecule has 128 valence electrons. The smallest absolute Gasteiger partial charge is 0.258 e. The van der Waals surface area contributed by atoms with Crippen LogP contribution in [0, 0.1) is 17.0 Å². The van der Waals surface area contributed by atoms with E-state index in [9.17, 15) is 18.5 Å². The third-order valence-corrected chi connectivity index (χ3v) is 5.20. The van der Waals surface area contributed by atoms with E-state index in [0.717, 1.165) is 11.6 Å². The maximum absolute atomic E-state index is 12.3. The van der Waals surface area contributed by atoms with Crippen molar-refractivity contribution in [1.82, 2.24) is 4.72 Å². The molecule has 1 N–H and O–H groups in total. The van der Waals surface area contributed by atoms with Gasteiger partial charge in [-0.25, -0.2) is 13.1 Å². The molecule has 0 radical (unpaired) electrons. The lowest BCUT2D eigenvalue weighted by Gasteiger charge is -2.09. The molecule has 7 heteroatoms. The Hall–Kier alpha value is -2.25. The monoisotopic (exact) mass is 348 g/mol. The normalized spacial score (nSPS) is 11.7. The van der Waals surface area contributed by atoms with E-state index in [1.54, 1.807) is 6.92 Å². The molecule has 2 aromatic rings. The van der Waals surface area contributed by atoms with Crippen LogP contribution in [0.4, 0.5) is 5.69 Å². The molecule has 0 atom stereocenters. The van der Waals surface area contributed by atoms with E-state index in [1.165, 1.54) is 17.7 Å². The van der Waals surface area contributed by atoms with E-state index in [2.05, 4.69) is 18.6 Å². The number of rotatable bonds is 6. The highest BCUT2D eigenvalue weighted by molar-refractivity contribution is 7.89. The molecule has 0 spiro atoms. The molecule has 0 aliphatic rings. The molecular formula is C17H20N2O4S. The van der Waals surface area contributed by atoms with Crippen molar-refractivity contribution in [2.24, 2.45) is 0 Å². The van der Waals surface area contributed by atoms with Crippen LogP contribution in [0.5, 0.6) is 0 Å². The van der Waals surface area contributed by atoms with Crippen molar-refractivity contribution >= 4 is 15.7 Å². The fourth-order valence-corrected chi connectivity index (χ4v) is 3.27. The van der Waals surface area contributed by atoms with Gasteiger partial charge in [0, 0.05) is 18.2 Å². The van der Waals surface area contributed by atoms with Gasteiger partial charge in [-0.3, -0.25) is 10.1 Å². The van der Waals surface area contributed by atoms with Gasteiger partial charge in [-0.15, -0.1) is 0 Å². The summed E-state index contributed by atoms with van der Waals surface area (Å²) in [4.78, 5) is 10.3. The molecule has 0 unspecified atom stereocenters. The van der Waals surface area contributed by atoms with E-state index in [1.807, 2.05) is 24.3 Å².